The second-order valence-electron chi connectivity index (χ2n) is 4.65. The number of aromatic nitrogens is 1. The van der Waals surface area contributed by atoms with Crippen LogP contribution in [0.5, 0.6) is 0 Å². The van der Waals surface area contributed by atoms with Gasteiger partial charge in [0, 0.05) is 30.8 Å². The lowest BCUT2D eigenvalue weighted by atomic mass is 10.1. The Morgan fingerprint density at radius 3 is 2.78 bits per heavy atom. The molecule has 0 aliphatic heterocycles. The number of hydrogen-bond donors (Lipinski definition) is 1. The van der Waals surface area contributed by atoms with Crippen LogP contribution in [0.2, 0.25) is 0 Å². The van der Waals surface area contributed by atoms with E-state index in [0.29, 0.717) is 17.4 Å². The van der Waals surface area contributed by atoms with E-state index in [2.05, 4.69) is 26.2 Å². The van der Waals surface area contributed by atoms with Gasteiger partial charge in [-0.15, -0.1) is 0 Å². The Morgan fingerprint density at radius 1 is 1.50 bits per heavy atom. The van der Waals surface area contributed by atoms with Crippen molar-refractivity contribution in [1.29, 1.82) is 0 Å². The average Bonchev–Trinajstić information content (AvgIpc) is 2.90. The predicted molar refractivity (Wildman–Crippen MR) is 75.8 cm³/mol. The van der Waals surface area contributed by atoms with Gasteiger partial charge in [-0.3, -0.25) is 4.79 Å². The molecule has 1 amide bonds. The van der Waals surface area contributed by atoms with Crippen molar-refractivity contribution >= 4 is 27.7 Å². The third-order valence-corrected chi connectivity index (χ3v) is 3.95. The van der Waals surface area contributed by atoms with Gasteiger partial charge >= 0.3 is 0 Å². The van der Waals surface area contributed by atoms with Crippen LogP contribution < -0.4 is 5.32 Å². The summed E-state index contributed by atoms with van der Waals surface area (Å²) in [5.41, 5.74) is 0.626. The summed E-state index contributed by atoms with van der Waals surface area (Å²) in [5.74, 6) is 0.674. The van der Waals surface area contributed by atoms with Crippen LogP contribution in [0, 0.1) is 0 Å². The van der Waals surface area contributed by atoms with Crippen molar-refractivity contribution in [1.82, 2.24) is 9.88 Å². The maximum Gasteiger partial charge on any atom is 0.257 e. The molecular weight excluding hydrogens is 294 g/mol. The van der Waals surface area contributed by atoms with Crippen LogP contribution in [-0.2, 0) is 0 Å². The summed E-state index contributed by atoms with van der Waals surface area (Å²) in [4.78, 5) is 18.6. The number of halogens is 1. The van der Waals surface area contributed by atoms with E-state index in [1.807, 2.05) is 18.0 Å². The molecule has 98 valence electrons. The number of nitrogens with zero attached hydrogens (tertiary/aromatic N) is 2. The third kappa shape index (κ3) is 2.66. The topological polar surface area (TPSA) is 45.2 Å². The minimum absolute atomic E-state index is 0.0417. The molecule has 0 saturated heterocycles. The zero-order valence-electron chi connectivity index (χ0n) is 10.7. The van der Waals surface area contributed by atoms with E-state index in [9.17, 15) is 4.79 Å². The summed E-state index contributed by atoms with van der Waals surface area (Å²) >= 11 is 3.37. The molecule has 0 unspecified atom stereocenters. The van der Waals surface area contributed by atoms with Gasteiger partial charge in [-0.2, -0.15) is 0 Å². The molecule has 1 heterocycles. The molecule has 0 atom stereocenters. The molecular formula is C13H18BrN3O. The molecule has 0 aromatic carbocycles. The fourth-order valence-electron chi connectivity index (χ4n) is 2.45. The second kappa shape index (κ2) is 5.69. The number of pyridine rings is 1. The van der Waals surface area contributed by atoms with E-state index in [0.717, 1.165) is 17.3 Å². The van der Waals surface area contributed by atoms with Gasteiger partial charge in [0.25, 0.3) is 5.91 Å². The lowest BCUT2D eigenvalue weighted by Gasteiger charge is -2.25. The van der Waals surface area contributed by atoms with E-state index in [1.165, 1.54) is 12.8 Å². The summed E-state index contributed by atoms with van der Waals surface area (Å²) in [6.45, 7) is 0. The SMILES string of the molecule is CNc1ncc(Br)cc1C(=O)N(C)C1CCCC1. The molecule has 1 aromatic rings. The molecule has 0 bridgehead atoms. The molecule has 1 fully saturated rings. The molecule has 5 heteroatoms. The molecule has 0 radical (unpaired) electrons. The van der Waals surface area contributed by atoms with Gasteiger partial charge < -0.3 is 10.2 Å². The quantitative estimate of drug-likeness (QED) is 0.933. The van der Waals surface area contributed by atoms with Crippen LogP contribution in [0.15, 0.2) is 16.7 Å². The standard InChI is InChI=1S/C13H18BrN3O/c1-15-12-11(7-9(14)8-16-12)13(18)17(2)10-5-3-4-6-10/h7-8,10H,3-6H2,1-2H3,(H,15,16). The molecule has 0 spiro atoms. The van der Waals surface area contributed by atoms with E-state index >= 15 is 0 Å². The third-order valence-electron chi connectivity index (χ3n) is 3.51. The number of anilines is 1. The smallest absolute Gasteiger partial charge is 0.257 e. The summed E-state index contributed by atoms with van der Waals surface area (Å²) in [7, 11) is 3.67. The van der Waals surface area contributed by atoms with Gasteiger partial charge in [0.05, 0.1) is 5.56 Å². The van der Waals surface area contributed by atoms with Crippen LogP contribution >= 0.6 is 15.9 Å². The van der Waals surface area contributed by atoms with E-state index < -0.39 is 0 Å². The van der Waals surface area contributed by atoms with Gasteiger partial charge in [-0.25, -0.2) is 4.98 Å². The number of carbonyl (C=O) groups excluding carboxylic acids is 1. The fourth-order valence-corrected chi connectivity index (χ4v) is 2.78. The van der Waals surface area contributed by atoms with E-state index in [-0.39, 0.29) is 5.91 Å². The predicted octanol–water partition coefficient (Wildman–Crippen LogP) is 2.90. The highest BCUT2D eigenvalue weighted by Crippen LogP contribution is 2.26. The summed E-state index contributed by atoms with van der Waals surface area (Å²) in [6, 6.07) is 2.20. The second-order valence-corrected chi connectivity index (χ2v) is 5.57. The van der Waals surface area contributed by atoms with Crippen molar-refractivity contribution in [3.8, 4) is 0 Å². The fraction of sp³-hybridized carbons (Fsp3) is 0.538. The molecule has 18 heavy (non-hydrogen) atoms. The van der Waals surface area contributed by atoms with Crippen LogP contribution in [0.1, 0.15) is 36.0 Å². The minimum Gasteiger partial charge on any atom is -0.372 e. The molecule has 1 aliphatic rings. The van der Waals surface area contributed by atoms with Crippen LogP contribution in [0.25, 0.3) is 0 Å². The lowest BCUT2D eigenvalue weighted by molar-refractivity contribution is 0.0735. The van der Waals surface area contributed by atoms with Gasteiger partial charge in [-0.05, 0) is 34.8 Å². The molecule has 4 nitrogen and oxygen atoms in total. The van der Waals surface area contributed by atoms with E-state index in [4.69, 9.17) is 0 Å². The monoisotopic (exact) mass is 311 g/mol. The maximum absolute atomic E-state index is 12.5. The summed E-state index contributed by atoms with van der Waals surface area (Å²) in [5, 5.41) is 2.97. The first-order valence-corrected chi connectivity index (χ1v) is 7.03. The number of amides is 1. The highest BCUT2D eigenvalue weighted by molar-refractivity contribution is 9.10. The first kappa shape index (κ1) is 13.3. The number of nitrogens with one attached hydrogen (secondary N) is 1. The molecule has 1 N–H and O–H groups in total. The zero-order chi connectivity index (χ0) is 13.1. The summed E-state index contributed by atoms with van der Waals surface area (Å²) in [6.07, 6.45) is 6.35. The highest BCUT2D eigenvalue weighted by Gasteiger charge is 2.26. The van der Waals surface area contributed by atoms with Crippen molar-refractivity contribution < 1.29 is 4.79 Å². The average molecular weight is 312 g/mol. The van der Waals surface area contributed by atoms with Crippen LogP contribution in [0.4, 0.5) is 5.82 Å². The largest absolute Gasteiger partial charge is 0.372 e. The number of rotatable bonds is 3. The molecule has 2 rings (SSSR count). The molecule has 1 aromatic heterocycles. The normalized spacial score (nSPS) is 15.7. The number of carbonyl (C=O) groups is 1. The molecule has 1 aliphatic carbocycles. The summed E-state index contributed by atoms with van der Waals surface area (Å²) < 4.78 is 0.824. The Morgan fingerprint density at radius 2 is 2.17 bits per heavy atom. The van der Waals surface area contributed by atoms with Gasteiger partial charge in [-0.1, -0.05) is 12.8 Å². The Kier molecular flexibility index (Phi) is 4.22. The zero-order valence-corrected chi connectivity index (χ0v) is 12.3. The molecule has 1 saturated carbocycles. The van der Waals surface area contributed by atoms with Crippen LogP contribution in [-0.4, -0.2) is 35.9 Å². The van der Waals surface area contributed by atoms with Crippen molar-refractivity contribution in [3.63, 3.8) is 0 Å². The lowest BCUT2D eigenvalue weighted by Crippen LogP contribution is -2.35. The Labute approximate surface area is 116 Å². The van der Waals surface area contributed by atoms with Gasteiger partial charge in [0.1, 0.15) is 5.82 Å². The van der Waals surface area contributed by atoms with E-state index in [1.54, 1.807) is 13.2 Å². The minimum atomic E-state index is 0.0417. The van der Waals surface area contributed by atoms with Crippen molar-refractivity contribution in [2.75, 3.05) is 19.4 Å². The first-order valence-electron chi connectivity index (χ1n) is 6.24. The Hall–Kier alpha value is -1.10. The maximum atomic E-state index is 12.5. The van der Waals surface area contributed by atoms with Gasteiger partial charge in [0.15, 0.2) is 0 Å². The van der Waals surface area contributed by atoms with Crippen molar-refractivity contribution in [3.05, 3.63) is 22.3 Å². The first-order chi connectivity index (χ1) is 8.63. The van der Waals surface area contributed by atoms with Crippen molar-refractivity contribution in [2.45, 2.75) is 31.7 Å². The van der Waals surface area contributed by atoms with Crippen LogP contribution in [0.3, 0.4) is 0 Å². The van der Waals surface area contributed by atoms with Crippen molar-refractivity contribution in [2.24, 2.45) is 0 Å². The number of hydrogen-bond acceptors (Lipinski definition) is 3. The van der Waals surface area contributed by atoms with Gasteiger partial charge in [0.2, 0.25) is 0 Å². The Bertz CT molecular complexity index is 444. The Balaban J connectivity index is 2.24. The highest BCUT2D eigenvalue weighted by atomic mass is 79.9.